The van der Waals surface area contributed by atoms with Crippen LogP contribution in [-0.2, 0) is 12.8 Å². The van der Waals surface area contributed by atoms with E-state index in [2.05, 4.69) is 62.4 Å². The Hall–Kier alpha value is -2.41. The fourth-order valence-corrected chi connectivity index (χ4v) is 4.16. The molecule has 0 atom stereocenters. The van der Waals surface area contributed by atoms with Gasteiger partial charge in [0.05, 0.1) is 0 Å². The summed E-state index contributed by atoms with van der Waals surface area (Å²) in [4.78, 5) is 0. The molecule has 31 heavy (non-hydrogen) atoms. The Balaban J connectivity index is 1.62. The smallest absolute Gasteiger partial charge is 0.131 e. The van der Waals surface area contributed by atoms with E-state index in [9.17, 15) is 4.39 Å². The lowest BCUT2D eigenvalue weighted by atomic mass is 9.97. The molecule has 0 unspecified atom stereocenters. The number of unbranched alkanes of at least 4 members (excludes halogenated alkanes) is 6. The molecule has 0 aliphatic carbocycles. The zero-order chi connectivity index (χ0) is 21.9. The van der Waals surface area contributed by atoms with E-state index in [4.69, 9.17) is 0 Å². The van der Waals surface area contributed by atoms with Crippen molar-refractivity contribution in [1.82, 2.24) is 0 Å². The van der Waals surface area contributed by atoms with Gasteiger partial charge in [-0.2, -0.15) is 0 Å². The van der Waals surface area contributed by atoms with Crippen LogP contribution in [0.4, 0.5) is 4.39 Å². The molecule has 0 amide bonds. The predicted octanol–water partition coefficient (Wildman–Crippen LogP) is 9.41. The monoisotopic (exact) mass is 416 g/mol. The quantitative estimate of drug-likeness (QED) is 0.258. The van der Waals surface area contributed by atoms with Crippen molar-refractivity contribution in [3.05, 3.63) is 83.7 Å². The fourth-order valence-electron chi connectivity index (χ4n) is 4.16. The molecule has 0 saturated heterocycles. The highest BCUT2D eigenvalue weighted by Gasteiger charge is 2.08. The Kier molecular flexibility index (Phi) is 9.34. The lowest BCUT2D eigenvalue weighted by Gasteiger charge is -2.09. The van der Waals surface area contributed by atoms with E-state index < -0.39 is 0 Å². The molecule has 0 N–H and O–H groups in total. The van der Waals surface area contributed by atoms with Crippen LogP contribution >= 0.6 is 0 Å². The van der Waals surface area contributed by atoms with Gasteiger partial charge in [-0.15, -0.1) is 0 Å². The largest absolute Gasteiger partial charge is 0.206 e. The summed E-state index contributed by atoms with van der Waals surface area (Å²) in [6.07, 6.45) is 12.5. The maximum atomic E-state index is 14.9. The van der Waals surface area contributed by atoms with E-state index in [-0.39, 0.29) is 5.82 Å². The first-order valence-electron chi connectivity index (χ1n) is 12.2. The van der Waals surface area contributed by atoms with Gasteiger partial charge in [-0.25, -0.2) is 4.39 Å². The molecule has 0 heterocycles. The standard InChI is InChI=1S/C30H37F/c1-3-5-7-8-10-12-25-13-17-26(18-14-25)28-21-22-29(30(31)23-28)27-19-15-24(16-20-27)11-9-6-4-2/h13-23H,3-12H2,1-2H3. The van der Waals surface area contributed by atoms with Crippen molar-refractivity contribution in [2.24, 2.45) is 0 Å². The maximum absolute atomic E-state index is 14.9. The highest BCUT2D eigenvalue weighted by atomic mass is 19.1. The van der Waals surface area contributed by atoms with Crippen molar-refractivity contribution >= 4 is 0 Å². The Morgan fingerprint density at radius 3 is 1.58 bits per heavy atom. The lowest BCUT2D eigenvalue weighted by molar-refractivity contribution is 0.631. The molecule has 3 aromatic rings. The average Bonchev–Trinajstić information content (AvgIpc) is 2.80. The number of hydrogen-bond acceptors (Lipinski definition) is 0. The van der Waals surface area contributed by atoms with E-state index in [0.717, 1.165) is 29.5 Å². The zero-order valence-corrected chi connectivity index (χ0v) is 19.3. The lowest BCUT2D eigenvalue weighted by Crippen LogP contribution is -1.90. The summed E-state index contributed by atoms with van der Waals surface area (Å²) in [5, 5.41) is 0. The Bertz CT molecular complexity index is 906. The Morgan fingerprint density at radius 2 is 1.00 bits per heavy atom. The van der Waals surface area contributed by atoms with Crippen LogP contribution in [0, 0.1) is 5.82 Å². The van der Waals surface area contributed by atoms with Crippen LogP contribution in [0.2, 0.25) is 0 Å². The minimum atomic E-state index is -0.156. The molecule has 0 fully saturated rings. The van der Waals surface area contributed by atoms with E-state index in [1.54, 1.807) is 6.07 Å². The van der Waals surface area contributed by atoms with Gasteiger partial charge in [0.1, 0.15) is 5.82 Å². The third-order valence-electron chi connectivity index (χ3n) is 6.16. The molecule has 3 rings (SSSR count). The van der Waals surface area contributed by atoms with Gasteiger partial charge in [-0.3, -0.25) is 0 Å². The number of rotatable bonds is 12. The molecule has 0 spiro atoms. The second-order valence-electron chi connectivity index (χ2n) is 8.71. The van der Waals surface area contributed by atoms with Crippen molar-refractivity contribution < 1.29 is 4.39 Å². The first-order valence-corrected chi connectivity index (χ1v) is 12.2. The number of benzene rings is 3. The van der Waals surface area contributed by atoms with Gasteiger partial charge in [0.25, 0.3) is 0 Å². The van der Waals surface area contributed by atoms with Crippen LogP contribution in [0.25, 0.3) is 22.3 Å². The third-order valence-corrected chi connectivity index (χ3v) is 6.16. The van der Waals surface area contributed by atoms with E-state index in [0.29, 0.717) is 5.56 Å². The third kappa shape index (κ3) is 7.06. The molecule has 164 valence electrons. The summed E-state index contributed by atoms with van der Waals surface area (Å²) in [5.41, 5.74) is 6.34. The molecular weight excluding hydrogens is 379 g/mol. The summed E-state index contributed by atoms with van der Waals surface area (Å²) in [5.74, 6) is -0.156. The minimum absolute atomic E-state index is 0.156. The SMILES string of the molecule is CCCCCCCc1ccc(-c2ccc(-c3ccc(CCCCC)cc3)c(F)c2)cc1. The Morgan fingerprint density at radius 1 is 0.516 bits per heavy atom. The number of halogens is 1. The molecular formula is C30H37F. The molecule has 0 aliphatic heterocycles. The fraction of sp³-hybridized carbons (Fsp3) is 0.400. The predicted molar refractivity (Wildman–Crippen MR) is 133 cm³/mol. The highest BCUT2D eigenvalue weighted by Crippen LogP contribution is 2.29. The van der Waals surface area contributed by atoms with Gasteiger partial charge in [-0.1, -0.05) is 113 Å². The molecule has 0 aromatic heterocycles. The Labute approximate surface area is 188 Å². The second kappa shape index (κ2) is 12.4. The zero-order valence-electron chi connectivity index (χ0n) is 19.3. The molecule has 0 radical (unpaired) electrons. The van der Waals surface area contributed by atoms with Crippen LogP contribution in [0.3, 0.4) is 0 Å². The summed E-state index contributed by atoms with van der Waals surface area (Å²) in [6, 6.07) is 22.6. The number of hydrogen-bond donors (Lipinski definition) is 0. The van der Waals surface area contributed by atoms with Gasteiger partial charge in [0.15, 0.2) is 0 Å². The van der Waals surface area contributed by atoms with Crippen molar-refractivity contribution in [2.45, 2.75) is 78.1 Å². The van der Waals surface area contributed by atoms with Gasteiger partial charge >= 0.3 is 0 Å². The second-order valence-corrected chi connectivity index (χ2v) is 8.71. The first kappa shape index (κ1) is 23.3. The van der Waals surface area contributed by atoms with E-state index in [1.165, 1.54) is 62.5 Å². The van der Waals surface area contributed by atoms with Crippen LogP contribution < -0.4 is 0 Å². The van der Waals surface area contributed by atoms with Gasteiger partial charge in [0.2, 0.25) is 0 Å². The van der Waals surface area contributed by atoms with Gasteiger partial charge in [-0.05, 0) is 59.6 Å². The van der Waals surface area contributed by atoms with Crippen molar-refractivity contribution in [1.29, 1.82) is 0 Å². The molecule has 3 aromatic carbocycles. The van der Waals surface area contributed by atoms with E-state index in [1.807, 2.05) is 12.1 Å². The van der Waals surface area contributed by atoms with E-state index >= 15 is 0 Å². The normalized spacial score (nSPS) is 11.1. The van der Waals surface area contributed by atoms with Crippen LogP contribution in [-0.4, -0.2) is 0 Å². The summed E-state index contributed by atoms with van der Waals surface area (Å²) < 4.78 is 14.9. The molecule has 0 bridgehead atoms. The van der Waals surface area contributed by atoms with Gasteiger partial charge < -0.3 is 0 Å². The molecule has 0 aliphatic rings. The summed E-state index contributed by atoms with van der Waals surface area (Å²) in [7, 11) is 0. The average molecular weight is 417 g/mol. The summed E-state index contributed by atoms with van der Waals surface area (Å²) in [6.45, 7) is 4.47. The first-order chi connectivity index (χ1) is 15.2. The van der Waals surface area contributed by atoms with Crippen LogP contribution in [0.5, 0.6) is 0 Å². The van der Waals surface area contributed by atoms with Gasteiger partial charge in [0, 0.05) is 5.56 Å². The molecule has 0 saturated carbocycles. The van der Waals surface area contributed by atoms with Crippen LogP contribution in [0.1, 0.15) is 76.3 Å². The topological polar surface area (TPSA) is 0 Å². The van der Waals surface area contributed by atoms with Crippen molar-refractivity contribution in [3.63, 3.8) is 0 Å². The van der Waals surface area contributed by atoms with Crippen LogP contribution in [0.15, 0.2) is 66.7 Å². The molecule has 1 heteroatoms. The maximum Gasteiger partial charge on any atom is 0.131 e. The number of aryl methyl sites for hydroxylation is 2. The summed E-state index contributed by atoms with van der Waals surface area (Å²) >= 11 is 0. The minimum Gasteiger partial charge on any atom is -0.206 e. The van der Waals surface area contributed by atoms with Crippen molar-refractivity contribution in [2.75, 3.05) is 0 Å². The van der Waals surface area contributed by atoms with Crippen molar-refractivity contribution in [3.8, 4) is 22.3 Å². The molecule has 0 nitrogen and oxygen atoms in total. The highest BCUT2D eigenvalue weighted by molar-refractivity contribution is 5.71.